The van der Waals surface area contributed by atoms with Crippen molar-refractivity contribution in [3.05, 3.63) is 112 Å². The second-order valence-electron chi connectivity index (χ2n) is 9.47. The van der Waals surface area contributed by atoms with Gasteiger partial charge in [0.05, 0.1) is 30.5 Å². The Bertz CT molecular complexity index is 1480. The van der Waals surface area contributed by atoms with Crippen LogP contribution in [0.25, 0.3) is 5.69 Å². The summed E-state index contributed by atoms with van der Waals surface area (Å²) in [6, 6.07) is 22.0. The largest absolute Gasteiger partial charge is 0.465 e. The SMILES string of the molecule is COC(=O)c1ccc(-n2c(C)cc([C@H]3[C@H](c4ccccn4)NC(=S)N3c3ccc(C)c(C)c3)c2C)cc1. The van der Waals surface area contributed by atoms with E-state index in [2.05, 4.69) is 71.7 Å². The Morgan fingerprint density at radius 3 is 2.32 bits per heavy atom. The van der Waals surface area contributed by atoms with Crippen LogP contribution in [-0.4, -0.2) is 27.7 Å². The van der Waals surface area contributed by atoms with Gasteiger partial charge in [-0.05, 0) is 111 Å². The van der Waals surface area contributed by atoms with Crippen molar-refractivity contribution < 1.29 is 9.53 Å². The number of thiocarbonyl (C=S) groups is 1. The van der Waals surface area contributed by atoms with Gasteiger partial charge in [-0.15, -0.1) is 0 Å². The molecule has 0 bridgehead atoms. The molecule has 0 unspecified atom stereocenters. The third-order valence-electron chi connectivity index (χ3n) is 7.20. The van der Waals surface area contributed by atoms with Crippen LogP contribution in [0.2, 0.25) is 0 Å². The molecule has 6 nitrogen and oxygen atoms in total. The van der Waals surface area contributed by atoms with E-state index >= 15 is 0 Å². The lowest BCUT2D eigenvalue weighted by atomic mass is 9.96. The number of rotatable bonds is 5. The maximum atomic E-state index is 11.9. The number of hydrogen-bond acceptors (Lipinski definition) is 4. The molecule has 0 radical (unpaired) electrons. The zero-order valence-corrected chi connectivity index (χ0v) is 22.5. The normalized spacial score (nSPS) is 17.1. The second-order valence-corrected chi connectivity index (χ2v) is 9.85. The highest BCUT2D eigenvalue weighted by molar-refractivity contribution is 7.80. The topological polar surface area (TPSA) is 59.4 Å². The van der Waals surface area contributed by atoms with Crippen LogP contribution in [0.5, 0.6) is 0 Å². The lowest BCUT2D eigenvalue weighted by Gasteiger charge is -2.28. The Labute approximate surface area is 222 Å². The van der Waals surface area contributed by atoms with Crippen molar-refractivity contribution in [3.8, 4) is 5.69 Å². The van der Waals surface area contributed by atoms with Crippen LogP contribution in [0.15, 0.2) is 72.9 Å². The van der Waals surface area contributed by atoms with Gasteiger partial charge in [-0.1, -0.05) is 12.1 Å². The number of hydrogen-bond donors (Lipinski definition) is 1. The van der Waals surface area contributed by atoms with Gasteiger partial charge in [-0.3, -0.25) is 4.98 Å². The van der Waals surface area contributed by atoms with Crippen LogP contribution in [-0.2, 0) is 4.74 Å². The molecule has 7 heteroatoms. The number of carbonyl (C=O) groups is 1. The first-order valence-electron chi connectivity index (χ1n) is 12.3. The first-order chi connectivity index (χ1) is 17.8. The van der Waals surface area contributed by atoms with Gasteiger partial charge in [0, 0.05) is 29.0 Å². The maximum Gasteiger partial charge on any atom is 0.337 e. The van der Waals surface area contributed by atoms with E-state index in [1.54, 1.807) is 12.1 Å². The summed E-state index contributed by atoms with van der Waals surface area (Å²) < 4.78 is 7.07. The molecule has 1 N–H and O–H groups in total. The van der Waals surface area contributed by atoms with Crippen LogP contribution >= 0.6 is 12.2 Å². The fraction of sp³-hybridized carbons (Fsp3) is 0.233. The molecule has 1 aliphatic heterocycles. The van der Waals surface area contributed by atoms with Crippen molar-refractivity contribution in [1.29, 1.82) is 0 Å². The molecule has 0 amide bonds. The number of carbonyl (C=O) groups excluding carboxylic acids is 1. The minimum Gasteiger partial charge on any atom is -0.465 e. The molecule has 3 heterocycles. The summed E-state index contributed by atoms with van der Waals surface area (Å²) in [4.78, 5) is 18.8. The Hall–Kier alpha value is -3.97. The average Bonchev–Trinajstić information content (AvgIpc) is 3.40. The number of methoxy groups -OCH3 is 1. The monoisotopic (exact) mass is 510 g/mol. The van der Waals surface area contributed by atoms with Gasteiger partial charge in [0.1, 0.15) is 0 Å². The van der Waals surface area contributed by atoms with E-state index < -0.39 is 0 Å². The number of aryl methyl sites for hydroxylation is 3. The average molecular weight is 511 g/mol. The van der Waals surface area contributed by atoms with E-state index in [4.69, 9.17) is 17.0 Å². The van der Waals surface area contributed by atoms with E-state index in [0.29, 0.717) is 10.7 Å². The lowest BCUT2D eigenvalue weighted by Crippen LogP contribution is -2.29. The van der Waals surface area contributed by atoms with E-state index in [1.165, 1.54) is 18.2 Å². The van der Waals surface area contributed by atoms with Gasteiger partial charge >= 0.3 is 5.97 Å². The van der Waals surface area contributed by atoms with Crippen molar-refractivity contribution in [1.82, 2.24) is 14.9 Å². The number of ether oxygens (including phenoxy) is 1. The molecule has 2 aromatic carbocycles. The van der Waals surface area contributed by atoms with Crippen molar-refractivity contribution in [2.75, 3.05) is 12.0 Å². The number of aromatic nitrogens is 2. The Morgan fingerprint density at radius 1 is 0.946 bits per heavy atom. The van der Waals surface area contributed by atoms with Gasteiger partial charge in [0.25, 0.3) is 0 Å². The molecule has 2 aromatic heterocycles. The molecule has 5 rings (SSSR count). The van der Waals surface area contributed by atoms with Crippen LogP contribution in [0.4, 0.5) is 5.69 Å². The van der Waals surface area contributed by atoms with E-state index in [0.717, 1.165) is 34.0 Å². The predicted octanol–water partition coefficient (Wildman–Crippen LogP) is 6.07. The number of nitrogens with one attached hydrogen (secondary N) is 1. The first kappa shape index (κ1) is 24.7. The summed E-state index contributed by atoms with van der Waals surface area (Å²) in [5, 5.41) is 4.23. The highest BCUT2D eigenvalue weighted by atomic mass is 32.1. The van der Waals surface area contributed by atoms with Crippen LogP contribution in [0, 0.1) is 27.7 Å². The minimum absolute atomic E-state index is 0.0983. The van der Waals surface area contributed by atoms with Crippen LogP contribution in [0.3, 0.4) is 0 Å². The second kappa shape index (κ2) is 9.82. The van der Waals surface area contributed by atoms with E-state index in [1.807, 2.05) is 36.5 Å². The zero-order valence-electron chi connectivity index (χ0n) is 21.6. The van der Waals surface area contributed by atoms with Crippen LogP contribution < -0.4 is 10.2 Å². The summed E-state index contributed by atoms with van der Waals surface area (Å²) in [7, 11) is 1.39. The number of pyridine rings is 1. The molecule has 1 saturated heterocycles. The fourth-order valence-corrected chi connectivity index (χ4v) is 5.52. The van der Waals surface area contributed by atoms with Crippen LogP contribution in [0.1, 0.15) is 56.2 Å². The highest BCUT2D eigenvalue weighted by Gasteiger charge is 2.42. The standard InChI is InChI=1S/C30H30N4O2S/c1-18-9-12-24(16-19(18)2)34-28(27(32-30(34)37)26-8-6-7-15-31-26)25-17-20(3)33(21(25)4)23-13-10-22(11-14-23)29(35)36-5/h6-17,27-28H,1-5H3,(H,32,37)/t27-,28-/m0/s1. The molecule has 0 aliphatic carbocycles. The van der Waals surface area contributed by atoms with Gasteiger partial charge < -0.3 is 19.5 Å². The molecule has 188 valence electrons. The molecule has 0 spiro atoms. The molecule has 2 atom stereocenters. The lowest BCUT2D eigenvalue weighted by molar-refractivity contribution is 0.0600. The smallest absolute Gasteiger partial charge is 0.337 e. The number of esters is 1. The molecule has 1 fully saturated rings. The van der Waals surface area contributed by atoms with Gasteiger partial charge in [0.2, 0.25) is 0 Å². The van der Waals surface area contributed by atoms with Crippen molar-refractivity contribution in [2.24, 2.45) is 0 Å². The summed E-state index contributed by atoms with van der Waals surface area (Å²) in [5.41, 5.74) is 9.32. The predicted molar refractivity (Wildman–Crippen MR) is 150 cm³/mol. The summed E-state index contributed by atoms with van der Waals surface area (Å²) in [6.45, 7) is 8.47. The minimum atomic E-state index is -0.346. The molecule has 37 heavy (non-hydrogen) atoms. The Kier molecular flexibility index (Phi) is 6.56. The molecule has 4 aromatic rings. The van der Waals surface area contributed by atoms with E-state index in [9.17, 15) is 4.79 Å². The third-order valence-corrected chi connectivity index (χ3v) is 7.52. The third kappa shape index (κ3) is 4.40. The fourth-order valence-electron chi connectivity index (χ4n) is 5.17. The van der Waals surface area contributed by atoms with Crippen molar-refractivity contribution >= 4 is 29.0 Å². The zero-order chi connectivity index (χ0) is 26.3. The summed E-state index contributed by atoms with van der Waals surface area (Å²) >= 11 is 5.92. The number of nitrogens with zero attached hydrogens (tertiary/aromatic N) is 3. The Morgan fingerprint density at radius 2 is 1.68 bits per heavy atom. The van der Waals surface area contributed by atoms with Gasteiger partial charge in [-0.25, -0.2) is 4.79 Å². The maximum absolute atomic E-state index is 11.9. The number of anilines is 1. The van der Waals surface area contributed by atoms with Crippen molar-refractivity contribution in [3.63, 3.8) is 0 Å². The number of benzene rings is 2. The molecular formula is C30H30N4O2S. The first-order valence-corrected chi connectivity index (χ1v) is 12.7. The molecule has 0 saturated carbocycles. The highest BCUT2D eigenvalue weighted by Crippen LogP contribution is 2.44. The quantitative estimate of drug-likeness (QED) is 0.260. The van der Waals surface area contributed by atoms with E-state index in [-0.39, 0.29) is 18.1 Å². The molecular weight excluding hydrogens is 480 g/mol. The van der Waals surface area contributed by atoms with Gasteiger partial charge in [0.15, 0.2) is 5.11 Å². The summed E-state index contributed by atoms with van der Waals surface area (Å²) in [5.74, 6) is -0.346. The molecule has 1 aliphatic rings. The Balaban J connectivity index is 1.64. The van der Waals surface area contributed by atoms with Crippen molar-refractivity contribution in [2.45, 2.75) is 39.8 Å². The van der Waals surface area contributed by atoms with Gasteiger partial charge in [-0.2, -0.15) is 0 Å². The summed E-state index contributed by atoms with van der Waals surface area (Å²) in [6.07, 6.45) is 1.82.